The van der Waals surface area contributed by atoms with Gasteiger partial charge in [0, 0.05) is 33.0 Å². The topological polar surface area (TPSA) is 194 Å². The first-order chi connectivity index (χ1) is 17.5. The first kappa shape index (κ1) is 47.6. The lowest BCUT2D eigenvalue weighted by Gasteiger charge is -2.20. The van der Waals surface area contributed by atoms with Gasteiger partial charge >= 0.3 is 18.2 Å². The number of hydrogen-bond donors (Lipinski definition) is 5. The highest BCUT2D eigenvalue weighted by Crippen LogP contribution is 2.10. The van der Waals surface area contributed by atoms with Gasteiger partial charge in [-0.15, -0.1) is 24.8 Å². The molecule has 0 aromatic carbocycles. The molecule has 0 aliphatic rings. The molecule has 0 heterocycles. The summed E-state index contributed by atoms with van der Waals surface area (Å²) < 4.78 is 14.7. The maximum absolute atomic E-state index is 11.8. The minimum atomic E-state index is -0.759. The van der Waals surface area contributed by atoms with Gasteiger partial charge in [-0.05, 0) is 74.1 Å². The number of unbranched alkanes of at least 4 members (excludes halogenated alkanes) is 4. The predicted molar refractivity (Wildman–Crippen MR) is 163 cm³/mol. The number of rotatable bonds is 11. The minimum absolute atomic E-state index is 0. The Morgan fingerprint density at radius 3 is 1.60 bits per heavy atom. The zero-order chi connectivity index (χ0) is 30.2. The number of hydrogen-bond acceptors (Lipinski definition) is 9. The summed E-state index contributed by atoms with van der Waals surface area (Å²) in [6.07, 6.45) is 4.45. The van der Waals surface area contributed by atoms with Gasteiger partial charge in [-0.3, -0.25) is 15.5 Å². The number of amides is 2. The summed E-state index contributed by atoms with van der Waals surface area (Å²) in [5, 5.41) is 26.5. The molecule has 0 aromatic heterocycles. The van der Waals surface area contributed by atoms with Crippen molar-refractivity contribution < 1.29 is 38.8 Å². The van der Waals surface area contributed by atoms with Gasteiger partial charge in [0.05, 0.1) is 12.4 Å². The van der Waals surface area contributed by atoms with Crippen LogP contribution >= 0.6 is 24.8 Å². The van der Waals surface area contributed by atoms with E-state index in [-0.39, 0.29) is 55.7 Å². The molecule has 0 spiro atoms. The molecule has 0 aliphatic carbocycles. The normalized spacial score (nSPS) is 10.6. The monoisotopic (exact) mass is 620 g/mol. The van der Waals surface area contributed by atoms with Crippen molar-refractivity contribution in [1.82, 2.24) is 5.32 Å². The molecule has 240 valence electrons. The fraction of sp³-hybridized carbons (Fsp3) is 0.808. The Kier molecular flexibility index (Phi) is 33.8. The second kappa shape index (κ2) is 28.4. The zero-order valence-electron chi connectivity index (χ0n) is 25.5. The first-order valence-electron chi connectivity index (χ1n) is 13.0. The van der Waals surface area contributed by atoms with Gasteiger partial charge in [0.25, 0.3) is 0 Å². The van der Waals surface area contributed by atoms with Gasteiger partial charge in [0.15, 0.2) is 0 Å². The number of halogens is 2. The molecule has 0 rings (SSSR count). The van der Waals surface area contributed by atoms with Crippen molar-refractivity contribution in [2.24, 2.45) is 10.7 Å². The number of nitrogens with two attached hydrogens (primary N) is 1. The lowest BCUT2D eigenvalue weighted by atomic mass is 10.2. The maximum Gasteiger partial charge on any atom is 0.435 e. The number of carbonyl (C=O) groups excluding carboxylic acids is 3. The number of nitrogens with one attached hydrogen (secondary N) is 2. The molecule has 0 unspecified atom stereocenters. The Balaban J connectivity index is -0.000000198. The lowest BCUT2D eigenvalue weighted by molar-refractivity contribution is -0.140. The van der Waals surface area contributed by atoms with Crippen LogP contribution in [0, 0.1) is 5.41 Å². The smallest absolute Gasteiger partial charge is 0.435 e. The van der Waals surface area contributed by atoms with E-state index < -0.39 is 23.4 Å². The van der Waals surface area contributed by atoms with E-state index in [9.17, 15) is 14.4 Å². The Labute approximate surface area is 252 Å². The molecular formula is C26H54Cl2N4O8. The molecule has 0 bridgehead atoms. The third-order valence-electron chi connectivity index (χ3n) is 3.79. The molecule has 40 heavy (non-hydrogen) atoms. The van der Waals surface area contributed by atoms with Crippen LogP contribution < -0.4 is 11.1 Å². The Morgan fingerprint density at radius 1 is 0.825 bits per heavy atom. The van der Waals surface area contributed by atoms with E-state index in [2.05, 4.69) is 15.0 Å². The molecule has 0 aliphatic heterocycles. The largest absolute Gasteiger partial charge is 0.466 e. The second-order valence-corrected chi connectivity index (χ2v) is 10.2. The van der Waals surface area contributed by atoms with Crippen molar-refractivity contribution >= 4 is 54.6 Å². The third-order valence-corrected chi connectivity index (χ3v) is 3.79. The van der Waals surface area contributed by atoms with Crippen LogP contribution in [0.5, 0.6) is 0 Å². The van der Waals surface area contributed by atoms with E-state index in [0.717, 1.165) is 25.7 Å². The number of nitrogens with zero attached hydrogens (tertiary/aromatic N) is 1. The molecule has 0 saturated carbocycles. The number of aliphatic hydroxyl groups is 2. The van der Waals surface area contributed by atoms with Crippen molar-refractivity contribution in [3.05, 3.63) is 0 Å². The predicted octanol–water partition coefficient (Wildman–Crippen LogP) is 5.29. The van der Waals surface area contributed by atoms with Crippen molar-refractivity contribution in [3.8, 4) is 0 Å². The average Bonchev–Trinajstić information content (AvgIpc) is 2.72. The van der Waals surface area contributed by atoms with Crippen molar-refractivity contribution in [3.63, 3.8) is 0 Å². The number of ether oxygens (including phenoxy) is 3. The summed E-state index contributed by atoms with van der Waals surface area (Å²) in [5.41, 5.74) is 3.80. The van der Waals surface area contributed by atoms with Crippen LogP contribution in [0.25, 0.3) is 0 Å². The highest BCUT2D eigenvalue weighted by atomic mass is 35.5. The summed E-state index contributed by atoms with van der Waals surface area (Å²) in [6, 6.07) is 0. The Bertz CT molecular complexity index is 710. The van der Waals surface area contributed by atoms with E-state index in [1.54, 1.807) is 48.5 Å². The lowest BCUT2D eigenvalue weighted by Crippen LogP contribution is -2.37. The van der Waals surface area contributed by atoms with E-state index in [0.29, 0.717) is 32.3 Å². The molecule has 2 amide bonds. The van der Waals surface area contributed by atoms with Gasteiger partial charge in [-0.25, -0.2) is 9.59 Å². The quantitative estimate of drug-likeness (QED) is 0.0670. The number of amidine groups is 2. The molecular weight excluding hydrogens is 567 g/mol. The molecule has 12 nitrogen and oxygen atoms in total. The SMILES string of the molecule is CC(C)(C)OC(=O)N=C(CCCCCO)NC(=O)OC(C)(C)C.CCOC(C)=O.Cl.Cl.N=C(N)CCCCCO. The highest BCUT2D eigenvalue weighted by Gasteiger charge is 2.20. The molecule has 6 N–H and O–H groups in total. The molecule has 0 radical (unpaired) electrons. The van der Waals surface area contributed by atoms with Crippen LogP contribution in [0.3, 0.4) is 0 Å². The van der Waals surface area contributed by atoms with E-state index >= 15 is 0 Å². The first-order valence-corrected chi connectivity index (χ1v) is 13.0. The molecule has 0 aromatic rings. The van der Waals surface area contributed by atoms with Gasteiger partial charge in [0.2, 0.25) is 0 Å². The number of aliphatic hydroxyl groups excluding tert-OH is 2. The van der Waals surface area contributed by atoms with Crippen molar-refractivity contribution in [2.45, 2.75) is 118 Å². The number of alkyl carbamates (subject to hydrolysis) is 1. The van der Waals surface area contributed by atoms with Gasteiger partial charge in [0.1, 0.15) is 17.0 Å². The van der Waals surface area contributed by atoms with Crippen LogP contribution in [0.1, 0.15) is 107 Å². The summed E-state index contributed by atoms with van der Waals surface area (Å²) in [5.74, 6) is 0.233. The summed E-state index contributed by atoms with van der Waals surface area (Å²) >= 11 is 0. The average molecular weight is 622 g/mol. The third kappa shape index (κ3) is 45.7. The Morgan fingerprint density at radius 2 is 1.27 bits per heavy atom. The fourth-order valence-electron chi connectivity index (χ4n) is 2.35. The van der Waals surface area contributed by atoms with Crippen LogP contribution in [0.15, 0.2) is 4.99 Å². The van der Waals surface area contributed by atoms with E-state index in [1.807, 2.05) is 0 Å². The zero-order valence-corrected chi connectivity index (χ0v) is 27.1. The molecule has 0 fully saturated rings. The summed E-state index contributed by atoms with van der Waals surface area (Å²) in [4.78, 5) is 37.2. The van der Waals surface area contributed by atoms with Gasteiger partial charge in [-0.2, -0.15) is 4.99 Å². The van der Waals surface area contributed by atoms with Crippen molar-refractivity contribution in [2.75, 3.05) is 19.8 Å². The highest BCUT2D eigenvalue weighted by molar-refractivity contribution is 6.00. The van der Waals surface area contributed by atoms with E-state index in [1.165, 1.54) is 6.92 Å². The van der Waals surface area contributed by atoms with Gasteiger partial charge < -0.3 is 30.2 Å². The van der Waals surface area contributed by atoms with Crippen LogP contribution in [-0.2, 0) is 19.0 Å². The second-order valence-electron chi connectivity index (χ2n) is 10.2. The molecule has 14 heteroatoms. The number of esters is 1. The molecule has 0 atom stereocenters. The summed E-state index contributed by atoms with van der Waals surface area (Å²) in [6.45, 7) is 14.5. The van der Waals surface area contributed by atoms with Crippen LogP contribution in [-0.4, -0.2) is 71.1 Å². The minimum Gasteiger partial charge on any atom is -0.466 e. The van der Waals surface area contributed by atoms with Crippen molar-refractivity contribution in [1.29, 1.82) is 5.41 Å². The summed E-state index contributed by atoms with van der Waals surface area (Å²) in [7, 11) is 0. The number of aliphatic imine (C=N–C) groups is 1. The standard InChI is InChI=1S/C16H30N2O5.C6H14N2O.C4H8O2.2ClH/c1-15(2,3)22-13(20)17-12(10-8-7-9-11-19)18-14(21)23-16(4,5)6;7-6(8)4-2-1-3-5-9;1-3-6-4(2)5;;/h19H,7-11H2,1-6H3,(H,17,18,20,21);9H,1-5H2,(H3,7,8);3H2,1-2H3;2*1H. The van der Waals surface area contributed by atoms with Crippen LogP contribution in [0.4, 0.5) is 9.59 Å². The Hall–Kier alpha value is -2.15. The maximum atomic E-state index is 11.8. The van der Waals surface area contributed by atoms with Gasteiger partial charge in [-0.1, -0.05) is 12.8 Å². The van der Waals surface area contributed by atoms with E-state index in [4.69, 9.17) is 30.8 Å². The molecule has 0 saturated heterocycles. The fourth-order valence-corrected chi connectivity index (χ4v) is 2.35. The van der Waals surface area contributed by atoms with Crippen LogP contribution in [0.2, 0.25) is 0 Å². The number of carbonyl (C=O) groups is 3.